The zero-order valence-corrected chi connectivity index (χ0v) is 22.8. The summed E-state index contributed by atoms with van der Waals surface area (Å²) in [6.07, 6.45) is 1.20. The molecule has 0 saturated carbocycles. The van der Waals surface area contributed by atoms with E-state index < -0.39 is 12.1 Å². The first-order chi connectivity index (χ1) is 18.4. The third-order valence-electron chi connectivity index (χ3n) is 5.83. The minimum atomic E-state index is -0.734. The summed E-state index contributed by atoms with van der Waals surface area (Å²) in [5, 5.41) is 6.14. The van der Waals surface area contributed by atoms with Gasteiger partial charge in [-0.2, -0.15) is 5.10 Å². The molecule has 7 nitrogen and oxygen atoms in total. The van der Waals surface area contributed by atoms with Crippen LogP contribution in [0.15, 0.2) is 88.4 Å². The third kappa shape index (κ3) is 6.39. The summed E-state index contributed by atoms with van der Waals surface area (Å²) in [7, 11) is 1.48. The Labute approximate surface area is 229 Å². The molecule has 1 amide bonds. The fraction of sp³-hybridized carbons (Fsp3) is 0.167. The second-order valence-corrected chi connectivity index (χ2v) is 9.31. The number of amides is 1. The molecule has 1 N–H and O–H groups in total. The van der Waals surface area contributed by atoms with Crippen LogP contribution in [0.5, 0.6) is 17.2 Å². The molecule has 4 aromatic rings. The number of esters is 1. The van der Waals surface area contributed by atoms with Gasteiger partial charge in [0.2, 0.25) is 0 Å². The maximum absolute atomic E-state index is 12.8. The lowest BCUT2D eigenvalue weighted by molar-refractivity contribution is -0.128. The molecule has 0 aliphatic rings. The van der Waals surface area contributed by atoms with Gasteiger partial charge >= 0.3 is 5.97 Å². The topological polar surface area (TPSA) is 86.2 Å². The van der Waals surface area contributed by atoms with Crippen LogP contribution < -0.4 is 19.6 Å². The number of carbonyl (C=O) groups is 2. The number of aryl methyl sites for hydroxylation is 1. The zero-order valence-electron chi connectivity index (χ0n) is 21.2. The van der Waals surface area contributed by atoms with Gasteiger partial charge in [-0.05, 0) is 82.0 Å². The number of carbonyl (C=O) groups excluding carboxylic acids is 2. The molecule has 0 unspecified atom stereocenters. The number of hydrogen-bond acceptors (Lipinski definition) is 6. The SMILES string of the molecule is CC[C@@H](Oc1ccc2ccccc2c1Br)C(=O)N/N=C\c1ccc(OC(=O)c2ccc(C)cc2)c(OC)c1. The summed E-state index contributed by atoms with van der Waals surface area (Å²) in [6, 6.07) is 23.8. The van der Waals surface area contributed by atoms with Crippen molar-refractivity contribution in [1.82, 2.24) is 5.43 Å². The minimum Gasteiger partial charge on any atom is -0.493 e. The van der Waals surface area contributed by atoms with Crippen molar-refractivity contribution in [3.63, 3.8) is 0 Å². The van der Waals surface area contributed by atoms with Crippen LogP contribution in [-0.2, 0) is 4.79 Å². The van der Waals surface area contributed by atoms with E-state index in [2.05, 4.69) is 26.5 Å². The first kappa shape index (κ1) is 26.9. The average Bonchev–Trinajstić information content (AvgIpc) is 2.93. The van der Waals surface area contributed by atoms with E-state index in [0.717, 1.165) is 20.8 Å². The molecule has 0 saturated heterocycles. The first-order valence-electron chi connectivity index (χ1n) is 12.0. The predicted octanol–water partition coefficient (Wildman–Crippen LogP) is 6.45. The van der Waals surface area contributed by atoms with Crippen LogP contribution in [0.25, 0.3) is 10.8 Å². The Morgan fingerprint density at radius 2 is 1.71 bits per heavy atom. The molecule has 4 rings (SSSR count). The highest BCUT2D eigenvalue weighted by Crippen LogP contribution is 2.34. The van der Waals surface area contributed by atoms with Crippen LogP contribution >= 0.6 is 15.9 Å². The number of nitrogens with zero attached hydrogens (tertiary/aromatic N) is 1. The predicted molar refractivity (Wildman–Crippen MR) is 151 cm³/mol. The number of nitrogens with one attached hydrogen (secondary N) is 1. The molecule has 1 atom stereocenters. The van der Waals surface area contributed by atoms with Gasteiger partial charge in [-0.1, -0.05) is 55.0 Å². The molecule has 0 radical (unpaired) electrons. The number of methoxy groups -OCH3 is 1. The van der Waals surface area contributed by atoms with E-state index in [0.29, 0.717) is 29.0 Å². The van der Waals surface area contributed by atoms with Crippen molar-refractivity contribution in [1.29, 1.82) is 0 Å². The highest BCUT2D eigenvalue weighted by Gasteiger charge is 2.20. The maximum atomic E-state index is 12.8. The van der Waals surface area contributed by atoms with Crippen LogP contribution in [0.3, 0.4) is 0 Å². The Kier molecular flexibility index (Phi) is 8.76. The van der Waals surface area contributed by atoms with Gasteiger partial charge in [0.1, 0.15) is 5.75 Å². The second kappa shape index (κ2) is 12.4. The Balaban J connectivity index is 1.39. The molecular weight excluding hydrogens is 548 g/mol. The molecule has 8 heteroatoms. The average molecular weight is 575 g/mol. The molecule has 0 bridgehead atoms. The molecule has 0 aromatic heterocycles. The summed E-state index contributed by atoms with van der Waals surface area (Å²) in [4.78, 5) is 25.2. The third-order valence-corrected chi connectivity index (χ3v) is 6.64. The lowest BCUT2D eigenvalue weighted by atomic mass is 10.1. The highest BCUT2D eigenvalue weighted by atomic mass is 79.9. The Morgan fingerprint density at radius 3 is 2.45 bits per heavy atom. The summed E-state index contributed by atoms with van der Waals surface area (Å²) in [6.45, 7) is 3.81. The van der Waals surface area contributed by atoms with Crippen molar-refractivity contribution in [2.24, 2.45) is 5.10 Å². The van der Waals surface area contributed by atoms with Gasteiger partial charge in [-0.15, -0.1) is 0 Å². The van der Waals surface area contributed by atoms with Crippen molar-refractivity contribution in [2.75, 3.05) is 7.11 Å². The van der Waals surface area contributed by atoms with Gasteiger partial charge in [0, 0.05) is 0 Å². The molecular formula is C30H27BrN2O5. The van der Waals surface area contributed by atoms with Crippen LogP contribution in [0.4, 0.5) is 0 Å². The summed E-state index contributed by atoms with van der Waals surface area (Å²) in [5.74, 6) is 0.353. The fourth-order valence-electron chi connectivity index (χ4n) is 3.72. The number of ether oxygens (including phenoxy) is 3. The summed E-state index contributed by atoms with van der Waals surface area (Å²) < 4.78 is 17.7. The van der Waals surface area contributed by atoms with Crippen LogP contribution in [0.1, 0.15) is 34.8 Å². The quantitative estimate of drug-likeness (QED) is 0.107. The van der Waals surface area contributed by atoms with Gasteiger partial charge in [-0.25, -0.2) is 10.2 Å². The fourth-order valence-corrected chi connectivity index (χ4v) is 4.31. The van der Waals surface area contributed by atoms with Crippen molar-refractivity contribution in [3.8, 4) is 17.2 Å². The number of fused-ring (bicyclic) bond motifs is 1. The van der Waals surface area contributed by atoms with E-state index in [1.54, 1.807) is 30.3 Å². The van der Waals surface area contributed by atoms with E-state index in [4.69, 9.17) is 14.2 Å². The van der Waals surface area contributed by atoms with Crippen molar-refractivity contribution in [3.05, 3.63) is 100 Å². The molecule has 0 heterocycles. The molecule has 0 fully saturated rings. The van der Waals surface area contributed by atoms with E-state index in [9.17, 15) is 9.59 Å². The van der Waals surface area contributed by atoms with E-state index >= 15 is 0 Å². The van der Waals surface area contributed by atoms with Crippen LogP contribution in [0, 0.1) is 6.92 Å². The van der Waals surface area contributed by atoms with Crippen molar-refractivity contribution >= 4 is 44.8 Å². The maximum Gasteiger partial charge on any atom is 0.343 e. The van der Waals surface area contributed by atoms with Crippen LogP contribution in [0.2, 0.25) is 0 Å². The summed E-state index contributed by atoms with van der Waals surface area (Å²) in [5.41, 5.74) is 4.66. The minimum absolute atomic E-state index is 0.277. The monoisotopic (exact) mass is 574 g/mol. The van der Waals surface area contributed by atoms with E-state index in [-0.39, 0.29) is 11.7 Å². The largest absolute Gasteiger partial charge is 0.493 e. The molecule has 38 heavy (non-hydrogen) atoms. The molecule has 0 spiro atoms. The van der Waals surface area contributed by atoms with Gasteiger partial charge in [0.05, 0.1) is 23.4 Å². The molecule has 4 aromatic carbocycles. The standard InChI is InChI=1S/C30H27BrN2O5/c1-4-24(37-26-16-14-21-7-5-6-8-23(21)28(26)31)29(34)33-32-18-20-11-15-25(27(17-20)36-3)38-30(35)22-12-9-19(2)10-13-22/h5-18,24H,4H2,1-3H3,(H,33,34)/b32-18-/t24-/m1/s1. The van der Waals surface area contributed by atoms with Crippen LogP contribution in [-0.4, -0.2) is 31.3 Å². The number of rotatable bonds is 9. The van der Waals surface area contributed by atoms with Gasteiger partial charge < -0.3 is 14.2 Å². The smallest absolute Gasteiger partial charge is 0.343 e. The Hall–Kier alpha value is -4.17. The lowest BCUT2D eigenvalue weighted by Crippen LogP contribution is -2.35. The van der Waals surface area contributed by atoms with E-state index in [1.165, 1.54) is 13.3 Å². The van der Waals surface area contributed by atoms with Crippen molar-refractivity contribution in [2.45, 2.75) is 26.4 Å². The Morgan fingerprint density at radius 1 is 0.974 bits per heavy atom. The first-order valence-corrected chi connectivity index (χ1v) is 12.8. The number of halogens is 1. The van der Waals surface area contributed by atoms with Gasteiger partial charge in [0.25, 0.3) is 5.91 Å². The molecule has 0 aliphatic carbocycles. The molecule has 0 aliphatic heterocycles. The normalized spacial score (nSPS) is 11.8. The van der Waals surface area contributed by atoms with E-state index in [1.807, 2.05) is 62.4 Å². The second-order valence-electron chi connectivity index (χ2n) is 8.51. The lowest BCUT2D eigenvalue weighted by Gasteiger charge is -2.17. The zero-order chi connectivity index (χ0) is 27.1. The summed E-state index contributed by atoms with van der Waals surface area (Å²) >= 11 is 3.59. The van der Waals surface area contributed by atoms with Gasteiger partial charge in [0.15, 0.2) is 17.6 Å². The molecule has 194 valence electrons. The van der Waals surface area contributed by atoms with Gasteiger partial charge in [-0.3, -0.25) is 4.79 Å². The number of hydrogen-bond donors (Lipinski definition) is 1. The number of hydrazone groups is 1. The Bertz CT molecular complexity index is 1480. The highest BCUT2D eigenvalue weighted by molar-refractivity contribution is 9.10. The van der Waals surface area contributed by atoms with Crippen molar-refractivity contribution < 1.29 is 23.8 Å². The number of benzene rings is 4.